The lowest BCUT2D eigenvalue weighted by Crippen LogP contribution is -2.11. The molecule has 2 aromatic carbocycles. The molecule has 1 heterocycles. The lowest BCUT2D eigenvalue weighted by Gasteiger charge is -2.21. The second kappa shape index (κ2) is 9.29. The highest BCUT2D eigenvalue weighted by atomic mass is 16.5. The number of rotatable bonds is 9. The van der Waals surface area contributed by atoms with Gasteiger partial charge >= 0.3 is 0 Å². The van der Waals surface area contributed by atoms with Crippen LogP contribution in [0, 0.1) is 6.92 Å². The van der Waals surface area contributed by atoms with Gasteiger partial charge in [0.25, 0.3) is 0 Å². The summed E-state index contributed by atoms with van der Waals surface area (Å²) in [7, 11) is 6.30. The Labute approximate surface area is 169 Å². The van der Waals surface area contributed by atoms with Crippen molar-refractivity contribution in [2.75, 3.05) is 25.6 Å². The van der Waals surface area contributed by atoms with E-state index < -0.39 is 0 Å². The maximum Gasteiger partial charge on any atom is 0.110 e. The highest BCUT2D eigenvalue weighted by molar-refractivity contribution is 5.86. The smallest absolute Gasteiger partial charge is 0.110 e. The third-order valence-electron chi connectivity index (χ3n) is 5.71. The number of benzene rings is 2. The van der Waals surface area contributed by atoms with Crippen molar-refractivity contribution in [3.63, 3.8) is 0 Å². The van der Waals surface area contributed by atoms with Gasteiger partial charge in [0, 0.05) is 55.6 Å². The van der Waals surface area contributed by atoms with E-state index in [2.05, 4.69) is 93.0 Å². The van der Waals surface area contributed by atoms with Crippen LogP contribution >= 0.6 is 0 Å². The lowest BCUT2D eigenvalue weighted by atomic mass is 9.98. The van der Waals surface area contributed by atoms with Gasteiger partial charge in [-0.15, -0.1) is 0 Å². The van der Waals surface area contributed by atoms with Crippen molar-refractivity contribution < 1.29 is 4.74 Å². The van der Waals surface area contributed by atoms with Crippen LogP contribution in [0.3, 0.4) is 0 Å². The fourth-order valence-corrected chi connectivity index (χ4v) is 3.90. The minimum atomic E-state index is -0.0380. The van der Waals surface area contributed by atoms with E-state index in [1.54, 1.807) is 0 Å². The monoisotopic (exact) mass is 378 g/mol. The van der Waals surface area contributed by atoms with Gasteiger partial charge in [0.2, 0.25) is 0 Å². The van der Waals surface area contributed by atoms with Crippen LogP contribution in [0.15, 0.2) is 48.5 Å². The summed E-state index contributed by atoms with van der Waals surface area (Å²) in [5.74, 6) is 0. The standard InChI is InChI=1S/C25H34N2O/c1-6-7-8-11-18-28-25(20-14-16-21(17-15-20)26(3)4)24-19(2)27(5)23-13-10-9-12-22(23)24/h9-10,12-17,25H,6-8,11,18H2,1-5H3. The fraction of sp³-hybridized carbons (Fsp3) is 0.440. The van der Waals surface area contributed by atoms with Crippen LogP contribution in [-0.4, -0.2) is 25.3 Å². The highest BCUT2D eigenvalue weighted by Gasteiger charge is 2.23. The third-order valence-corrected chi connectivity index (χ3v) is 5.71. The predicted octanol–water partition coefficient (Wildman–Crippen LogP) is 6.24. The van der Waals surface area contributed by atoms with Gasteiger partial charge in [0.1, 0.15) is 6.10 Å². The number of unbranched alkanes of at least 4 members (excludes halogenated alkanes) is 3. The van der Waals surface area contributed by atoms with Crippen molar-refractivity contribution in [2.24, 2.45) is 7.05 Å². The maximum absolute atomic E-state index is 6.54. The Morgan fingerprint density at radius 2 is 1.68 bits per heavy atom. The van der Waals surface area contributed by atoms with Crippen LogP contribution in [0.1, 0.15) is 55.5 Å². The van der Waals surface area contributed by atoms with Gasteiger partial charge in [-0.2, -0.15) is 0 Å². The van der Waals surface area contributed by atoms with Gasteiger partial charge in [-0.3, -0.25) is 0 Å². The molecule has 0 amide bonds. The summed E-state index contributed by atoms with van der Waals surface area (Å²) in [5.41, 5.74) is 6.27. The summed E-state index contributed by atoms with van der Waals surface area (Å²) in [5, 5.41) is 1.29. The molecule has 0 bridgehead atoms. The third kappa shape index (κ3) is 4.25. The quantitative estimate of drug-likeness (QED) is 0.410. The number of aryl methyl sites for hydroxylation is 1. The number of para-hydroxylation sites is 1. The van der Waals surface area contributed by atoms with Crippen LogP contribution in [-0.2, 0) is 11.8 Å². The van der Waals surface area contributed by atoms with Gasteiger partial charge in [-0.1, -0.05) is 56.5 Å². The molecule has 0 spiro atoms. The van der Waals surface area contributed by atoms with E-state index >= 15 is 0 Å². The zero-order valence-electron chi connectivity index (χ0n) is 18.0. The lowest BCUT2D eigenvalue weighted by molar-refractivity contribution is 0.0773. The molecule has 3 aromatic rings. The maximum atomic E-state index is 6.54. The van der Waals surface area contributed by atoms with Crippen LogP contribution < -0.4 is 4.90 Å². The Morgan fingerprint density at radius 1 is 0.964 bits per heavy atom. The van der Waals surface area contributed by atoms with Gasteiger partial charge in [0.15, 0.2) is 0 Å². The first kappa shape index (κ1) is 20.5. The average molecular weight is 379 g/mol. The molecular weight excluding hydrogens is 344 g/mol. The van der Waals surface area contributed by atoms with Crippen molar-refractivity contribution in [1.82, 2.24) is 4.57 Å². The molecular formula is C25H34N2O. The van der Waals surface area contributed by atoms with Gasteiger partial charge < -0.3 is 14.2 Å². The summed E-state index contributed by atoms with van der Waals surface area (Å²) in [6.45, 7) is 5.25. The van der Waals surface area contributed by atoms with Crippen molar-refractivity contribution >= 4 is 16.6 Å². The van der Waals surface area contributed by atoms with Gasteiger partial charge in [0.05, 0.1) is 0 Å². The molecule has 0 saturated heterocycles. The Kier molecular flexibility index (Phi) is 6.79. The molecule has 3 rings (SSSR count). The largest absolute Gasteiger partial charge is 0.378 e. The molecule has 0 N–H and O–H groups in total. The van der Waals surface area contributed by atoms with E-state index in [9.17, 15) is 0 Å². The van der Waals surface area contributed by atoms with Crippen molar-refractivity contribution in [1.29, 1.82) is 0 Å². The van der Waals surface area contributed by atoms with Crippen molar-refractivity contribution in [3.8, 4) is 0 Å². The zero-order chi connectivity index (χ0) is 20.1. The molecule has 0 aliphatic heterocycles. The number of hydrogen-bond donors (Lipinski definition) is 0. The molecule has 28 heavy (non-hydrogen) atoms. The molecule has 3 heteroatoms. The molecule has 0 saturated carbocycles. The number of anilines is 1. The Balaban J connectivity index is 1.98. The highest BCUT2D eigenvalue weighted by Crippen LogP contribution is 2.36. The molecule has 0 radical (unpaired) electrons. The molecule has 3 nitrogen and oxygen atoms in total. The number of ether oxygens (including phenoxy) is 1. The zero-order valence-corrected chi connectivity index (χ0v) is 18.0. The molecule has 0 aliphatic rings. The second-order valence-corrected chi connectivity index (χ2v) is 7.87. The average Bonchev–Trinajstić information content (AvgIpc) is 2.96. The Bertz CT molecular complexity index is 893. The van der Waals surface area contributed by atoms with E-state index in [4.69, 9.17) is 4.74 Å². The summed E-state index contributed by atoms with van der Waals surface area (Å²) < 4.78 is 8.82. The summed E-state index contributed by atoms with van der Waals surface area (Å²) in [6, 6.07) is 17.4. The van der Waals surface area contributed by atoms with E-state index in [-0.39, 0.29) is 6.10 Å². The summed E-state index contributed by atoms with van der Waals surface area (Å²) in [4.78, 5) is 2.13. The van der Waals surface area contributed by atoms with E-state index in [0.29, 0.717) is 0 Å². The summed E-state index contributed by atoms with van der Waals surface area (Å²) in [6.07, 6.45) is 4.83. The van der Waals surface area contributed by atoms with E-state index in [1.165, 1.54) is 52.7 Å². The summed E-state index contributed by atoms with van der Waals surface area (Å²) >= 11 is 0. The number of hydrogen-bond acceptors (Lipinski definition) is 2. The minimum Gasteiger partial charge on any atom is -0.378 e. The first-order valence-corrected chi connectivity index (χ1v) is 10.5. The van der Waals surface area contributed by atoms with Crippen molar-refractivity contribution in [2.45, 2.75) is 45.6 Å². The predicted molar refractivity (Wildman–Crippen MR) is 120 cm³/mol. The molecule has 0 fully saturated rings. The number of nitrogens with zero attached hydrogens (tertiary/aromatic N) is 2. The van der Waals surface area contributed by atoms with Crippen LogP contribution in [0.5, 0.6) is 0 Å². The second-order valence-electron chi connectivity index (χ2n) is 7.87. The molecule has 1 unspecified atom stereocenters. The fourth-order valence-electron chi connectivity index (χ4n) is 3.90. The van der Waals surface area contributed by atoms with Crippen LogP contribution in [0.25, 0.3) is 10.9 Å². The van der Waals surface area contributed by atoms with Crippen molar-refractivity contribution in [3.05, 3.63) is 65.4 Å². The van der Waals surface area contributed by atoms with Crippen LogP contribution in [0.2, 0.25) is 0 Å². The topological polar surface area (TPSA) is 17.4 Å². The molecule has 150 valence electrons. The van der Waals surface area contributed by atoms with Gasteiger partial charge in [-0.05, 0) is 37.1 Å². The van der Waals surface area contributed by atoms with Gasteiger partial charge in [-0.25, -0.2) is 0 Å². The number of fused-ring (bicyclic) bond motifs is 1. The first-order chi connectivity index (χ1) is 13.5. The van der Waals surface area contributed by atoms with Crippen LogP contribution in [0.4, 0.5) is 5.69 Å². The molecule has 0 aliphatic carbocycles. The normalized spacial score (nSPS) is 12.5. The molecule has 1 atom stereocenters. The van der Waals surface area contributed by atoms with E-state index in [0.717, 1.165) is 13.0 Å². The SMILES string of the molecule is CCCCCCOC(c1ccc(N(C)C)cc1)c1c(C)n(C)c2ccccc12. The Morgan fingerprint density at radius 3 is 2.36 bits per heavy atom. The first-order valence-electron chi connectivity index (χ1n) is 10.5. The number of aromatic nitrogens is 1. The van der Waals surface area contributed by atoms with E-state index in [1.807, 2.05) is 0 Å². The minimum absolute atomic E-state index is 0.0380. The Hall–Kier alpha value is -2.26. The molecule has 1 aromatic heterocycles.